The maximum absolute atomic E-state index is 13.2. The lowest BCUT2D eigenvalue weighted by Gasteiger charge is -2.13. The third-order valence-corrected chi connectivity index (χ3v) is 3.08. The molecule has 0 aromatic heterocycles. The van der Waals surface area contributed by atoms with E-state index in [4.69, 9.17) is 0 Å². The Labute approximate surface area is 120 Å². The maximum atomic E-state index is 13.2. The van der Waals surface area contributed by atoms with Gasteiger partial charge in [0.05, 0.1) is 0 Å². The average Bonchev–Trinajstić information content (AvgIpc) is 2.44. The zero-order valence-electron chi connectivity index (χ0n) is 11.6. The van der Waals surface area contributed by atoms with Gasteiger partial charge in [-0.05, 0) is 29.7 Å². The summed E-state index contributed by atoms with van der Waals surface area (Å²) in [7, 11) is 0. The molecule has 0 aliphatic heterocycles. The van der Waals surface area contributed by atoms with Crippen molar-refractivity contribution in [1.82, 2.24) is 0 Å². The summed E-state index contributed by atoms with van der Waals surface area (Å²) >= 11 is 0. The summed E-state index contributed by atoms with van der Waals surface area (Å²) in [4.78, 5) is 12.0. The van der Waals surface area contributed by atoms with Gasteiger partial charge in [-0.1, -0.05) is 32.0 Å². The van der Waals surface area contributed by atoms with Crippen molar-refractivity contribution in [2.24, 2.45) is 0 Å². The van der Waals surface area contributed by atoms with Crippen LogP contribution < -0.4 is 5.32 Å². The number of amides is 1. The van der Waals surface area contributed by atoms with Crippen LogP contribution in [0, 0.1) is 17.5 Å². The number of para-hydroxylation sites is 1. The average molecular weight is 293 g/mol. The molecule has 0 unspecified atom stereocenters. The van der Waals surface area contributed by atoms with Gasteiger partial charge in [-0.3, -0.25) is 4.79 Å². The van der Waals surface area contributed by atoms with Gasteiger partial charge >= 0.3 is 0 Å². The molecule has 2 aromatic rings. The van der Waals surface area contributed by atoms with E-state index in [1.165, 1.54) is 0 Å². The van der Waals surface area contributed by atoms with Gasteiger partial charge in [0, 0.05) is 11.3 Å². The van der Waals surface area contributed by atoms with Crippen molar-refractivity contribution in [1.29, 1.82) is 0 Å². The molecule has 0 saturated heterocycles. The molecule has 0 aliphatic rings. The van der Waals surface area contributed by atoms with Crippen molar-refractivity contribution in [2.75, 3.05) is 5.32 Å². The molecule has 5 heteroatoms. The van der Waals surface area contributed by atoms with Crippen LogP contribution in [0.5, 0.6) is 0 Å². The second-order valence-electron chi connectivity index (χ2n) is 4.95. The lowest BCUT2D eigenvalue weighted by atomic mass is 10.0. The number of benzene rings is 2. The van der Waals surface area contributed by atoms with Crippen molar-refractivity contribution in [2.45, 2.75) is 19.8 Å². The standard InChI is InChI=1S/C16H14F3NO/c1-9(2)11-5-3-4-6-14(11)20-16(21)10-7-12(17)15(19)13(18)8-10/h3-9H,1-2H3,(H,20,21). The SMILES string of the molecule is CC(C)c1ccccc1NC(=O)c1cc(F)c(F)c(F)c1. The second-order valence-corrected chi connectivity index (χ2v) is 4.95. The second kappa shape index (κ2) is 5.99. The van der Waals surface area contributed by atoms with Gasteiger partial charge in [0.2, 0.25) is 0 Å². The fourth-order valence-corrected chi connectivity index (χ4v) is 2.00. The minimum absolute atomic E-state index is 0.170. The Kier molecular flexibility index (Phi) is 4.31. The summed E-state index contributed by atoms with van der Waals surface area (Å²) in [6.45, 7) is 3.92. The summed E-state index contributed by atoms with van der Waals surface area (Å²) < 4.78 is 39.2. The van der Waals surface area contributed by atoms with Gasteiger partial charge in [-0.25, -0.2) is 13.2 Å². The van der Waals surface area contributed by atoms with Crippen LogP contribution in [-0.4, -0.2) is 5.91 Å². The lowest BCUT2D eigenvalue weighted by molar-refractivity contribution is 0.102. The zero-order valence-corrected chi connectivity index (χ0v) is 11.6. The molecule has 110 valence electrons. The van der Waals surface area contributed by atoms with Crippen molar-refractivity contribution in [3.8, 4) is 0 Å². The Bertz CT molecular complexity index is 660. The van der Waals surface area contributed by atoms with Crippen LogP contribution >= 0.6 is 0 Å². The topological polar surface area (TPSA) is 29.1 Å². The van der Waals surface area contributed by atoms with Gasteiger partial charge in [0.15, 0.2) is 17.5 Å². The maximum Gasteiger partial charge on any atom is 0.255 e. The first kappa shape index (κ1) is 15.1. The number of anilines is 1. The van der Waals surface area contributed by atoms with E-state index in [1.807, 2.05) is 26.0 Å². The van der Waals surface area contributed by atoms with Crippen molar-refractivity contribution >= 4 is 11.6 Å². The van der Waals surface area contributed by atoms with Crippen LogP contribution in [0.4, 0.5) is 18.9 Å². The Morgan fingerprint density at radius 3 is 2.19 bits per heavy atom. The summed E-state index contributed by atoms with van der Waals surface area (Å²) in [5.41, 5.74) is 1.18. The molecule has 0 radical (unpaired) electrons. The summed E-state index contributed by atoms with van der Waals surface area (Å²) in [5, 5.41) is 2.59. The molecule has 2 rings (SSSR count). The third kappa shape index (κ3) is 3.24. The normalized spacial score (nSPS) is 10.8. The van der Waals surface area contributed by atoms with E-state index >= 15 is 0 Å². The minimum atomic E-state index is -1.59. The molecular weight excluding hydrogens is 279 g/mol. The molecule has 0 saturated carbocycles. The Balaban J connectivity index is 2.31. The molecule has 0 spiro atoms. The smallest absolute Gasteiger partial charge is 0.255 e. The van der Waals surface area contributed by atoms with Gasteiger partial charge in [-0.2, -0.15) is 0 Å². The highest BCUT2D eigenvalue weighted by Crippen LogP contribution is 2.24. The molecule has 0 atom stereocenters. The fourth-order valence-electron chi connectivity index (χ4n) is 2.00. The molecule has 1 amide bonds. The Morgan fingerprint density at radius 1 is 1.05 bits per heavy atom. The molecule has 0 bridgehead atoms. The van der Waals surface area contributed by atoms with E-state index in [9.17, 15) is 18.0 Å². The highest BCUT2D eigenvalue weighted by molar-refractivity contribution is 6.04. The fraction of sp³-hybridized carbons (Fsp3) is 0.188. The first-order valence-corrected chi connectivity index (χ1v) is 6.45. The number of halogens is 3. The number of hydrogen-bond acceptors (Lipinski definition) is 1. The molecular formula is C16H14F3NO. The largest absolute Gasteiger partial charge is 0.322 e. The highest BCUT2D eigenvalue weighted by atomic mass is 19.2. The number of carbonyl (C=O) groups excluding carboxylic acids is 1. The molecule has 0 heterocycles. The quantitative estimate of drug-likeness (QED) is 0.831. The molecule has 0 aliphatic carbocycles. The molecule has 21 heavy (non-hydrogen) atoms. The third-order valence-electron chi connectivity index (χ3n) is 3.08. The Hall–Kier alpha value is -2.30. The van der Waals surface area contributed by atoms with Crippen molar-refractivity contribution < 1.29 is 18.0 Å². The number of rotatable bonds is 3. The van der Waals surface area contributed by atoms with E-state index in [0.29, 0.717) is 17.8 Å². The monoisotopic (exact) mass is 293 g/mol. The van der Waals surface area contributed by atoms with Crippen molar-refractivity contribution in [3.05, 3.63) is 65.0 Å². The molecule has 1 N–H and O–H groups in total. The Morgan fingerprint density at radius 2 is 1.62 bits per heavy atom. The van der Waals surface area contributed by atoms with Crippen LogP contribution in [0.15, 0.2) is 36.4 Å². The predicted octanol–water partition coefficient (Wildman–Crippen LogP) is 4.48. The van der Waals surface area contributed by atoms with E-state index in [-0.39, 0.29) is 11.5 Å². The van der Waals surface area contributed by atoms with Crippen LogP contribution in [0.3, 0.4) is 0 Å². The predicted molar refractivity (Wildman–Crippen MR) is 74.8 cm³/mol. The minimum Gasteiger partial charge on any atom is -0.322 e. The van der Waals surface area contributed by atoms with E-state index in [1.54, 1.807) is 12.1 Å². The van der Waals surface area contributed by atoms with Crippen LogP contribution in [0.25, 0.3) is 0 Å². The van der Waals surface area contributed by atoms with Gasteiger partial charge < -0.3 is 5.32 Å². The van der Waals surface area contributed by atoms with Crippen LogP contribution in [0.1, 0.15) is 35.7 Å². The first-order valence-electron chi connectivity index (χ1n) is 6.45. The summed E-state index contributed by atoms with van der Waals surface area (Å²) in [6, 6.07) is 8.47. The zero-order chi connectivity index (χ0) is 15.6. The van der Waals surface area contributed by atoms with Crippen LogP contribution in [0.2, 0.25) is 0 Å². The van der Waals surface area contributed by atoms with Crippen molar-refractivity contribution in [3.63, 3.8) is 0 Å². The number of nitrogens with one attached hydrogen (secondary N) is 1. The van der Waals surface area contributed by atoms with Gasteiger partial charge in [-0.15, -0.1) is 0 Å². The molecule has 2 nitrogen and oxygen atoms in total. The summed E-state index contributed by atoms with van der Waals surface area (Å²) in [5.74, 6) is -4.90. The van der Waals surface area contributed by atoms with Gasteiger partial charge in [0.1, 0.15) is 0 Å². The van der Waals surface area contributed by atoms with E-state index in [2.05, 4.69) is 5.32 Å². The summed E-state index contributed by atoms with van der Waals surface area (Å²) in [6.07, 6.45) is 0. The van der Waals surface area contributed by atoms with E-state index < -0.39 is 23.4 Å². The van der Waals surface area contributed by atoms with Gasteiger partial charge in [0.25, 0.3) is 5.91 Å². The highest BCUT2D eigenvalue weighted by Gasteiger charge is 2.16. The number of carbonyl (C=O) groups is 1. The molecule has 2 aromatic carbocycles. The molecule has 0 fully saturated rings. The number of hydrogen-bond donors (Lipinski definition) is 1. The first-order chi connectivity index (χ1) is 9.90. The van der Waals surface area contributed by atoms with Crippen LogP contribution in [-0.2, 0) is 0 Å². The van der Waals surface area contributed by atoms with E-state index in [0.717, 1.165) is 5.56 Å². The lowest BCUT2D eigenvalue weighted by Crippen LogP contribution is -2.14.